The van der Waals surface area contributed by atoms with Gasteiger partial charge in [0.25, 0.3) is 10.0 Å². The first-order valence-electron chi connectivity index (χ1n) is 8.56. The molecule has 2 aromatic heterocycles. The van der Waals surface area contributed by atoms with Crippen molar-refractivity contribution in [1.29, 1.82) is 0 Å². The van der Waals surface area contributed by atoms with E-state index in [1.54, 1.807) is 29.3 Å². The average Bonchev–Trinajstić information content (AvgIpc) is 2.97. The number of H-pyrrole nitrogens is 1. The molecule has 5 rings (SSSR count). The van der Waals surface area contributed by atoms with Crippen molar-refractivity contribution in [3.8, 4) is 11.4 Å². The highest BCUT2D eigenvalue weighted by Crippen LogP contribution is 2.47. The van der Waals surface area contributed by atoms with Crippen LogP contribution in [0.2, 0.25) is 0 Å². The van der Waals surface area contributed by atoms with Gasteiger partial charge in [-0.05, 0) is 43.4 Å². The lowest BCUT2D eigenvalue weighted by atomic mass is 10.0. The zero-order chi connectivity index (χ0) is 18.2. The molecule has 0 amide bonds. The summed E-state index contributed by atoms with van der Waals surface area (Å²) in [7, 11) is -1.92. The minimum atomic E-state index is -3.67. The smallest absolute Gasteiger partial charge is 0.258 e. The molecule has 2 aliphatic rings. The Morgan fingerprint density at radius 2 is 2.15 bits per heavy atom. The van der Waals surface area contributed by atoms with Crippen molar-refractivity contribution in [1.82, 2.24) is 24.1 Å². The van der Waals surface area contributed by atoms with Gasteiger partial charge in [-0.1, -0.05) is 0 Å². The van der Waals surface area contributed by atoms with Crippen molar-refractivity contribution >= 4 is 20.9 Å². The molecule has 1 N–H and O–H groups in total. The molecule has 2 atom stereocenters. The number of rotatable bonds is 3. The van der Waals surface area contributed by atoms with E-state index >= 15 is 0 Å². The summed E-state index contributed by atoms with van der Waals surface area (Å²) in [6.45, 7) is 2.30. The third kappa shape index (κ3) is 2.16. The summed E-state index contributed by atoms with van der Waals surface area (Å²) < 4.78 is 43.7. The predicted octanol–water partition coefficient (Wildman–Crippen LogP) is 2.19. The maximum absolute atomic E-state index is 14.5. The maximum Gasteiger partial charge on any atom is 0.258 e. The Morgan fingerprint density at radius 1 is 1.35 bits per heavy atom. The van der Waals surface area contributed by atoms with E-state index < -0.39 is 15.8 Å². The minimum Gasteiger partial charge on any atom is -0.342 e. The second-order valence-electron chi connectivity index (χ2n) is 7.18. The quantitative estimate of drug-likeness (QED) is 0.761. The van der Waals surface area contributed by atoms with Crippen LogP contribution in [0.1, 0.15) is 18.4 Å². The number of nitrogens with one attached hydrogen (secondary N) is 1. The molecule has 26 heavy (non-hydrogen) atoms. The molecule has 0 radical (unpaired) electrons. The third-order valence-corrected chi connectivity index (χ3v) is 7.27. The number of benzene rings is 1. The molecule has 1 aromatic carbocycles. The van der Waals surface area contributed by atoms with Gasteiger partial charge in [0.1, 0.15) is 17.2 Å². The zero-order valence-corrected chi connectivity index (χ0v) is 15.2. The van der Waals surface area contributed by atoms with Gasteiger partial charge in [0, 0.05) is 30.6 Å². The van der Waals surface area contributed by atoms with E-state index in [1.165, 1.54) is 12.1 Å². The van der Waals surface area contributed by atoms with Crippen LogP contribution in [0.5, 0.6) is 0 Å². The summed E-state index contributed by atoms with van der Waals surface area (Å²) in [5, 5.41) is 4.81. The highest BCUT2D eigenvalue weighted by Gasteiger charge is 2.52. The minimum absolute atomic E-state index is 0.0294. The first kappa shape index (κ1) is 16.0. The fraction of sp³-hybridized carbons (Fsp3) is 0.412. The Hall–Kier alpha value is -2.26. The number of sulfonamides is 1. The Balaban J connectivity index is 1.71. The van der Waals surface area contributed by atoms with Gasteiger partial charge in [-0.3, -0.25) is 4.68 Å². The van der Waals surface area contributed by atoms with Crippen molar-refractivity contribution in [3.63, 3.8) is 0 Å². The molecule has 1 aliphatic heterocycles. The zero-order valence-electron chi connectivity index (χ0n) is 14.4. The van der Waals surface area contributed by atoms with Gasteiger partial charge in [-0.25, -0.2) is 17.8 Å². The van der Waals surface area contributed by atoms with Gasteiger partial charge in [0.15, 0.2) is 5.82 Å². The van der Waals surface area contributed by atoms with E-state index in [0.29, 0.717) is 34.8 Å². The number of aryl methyl sites for hydroxylation is 2. The van der Waals surface area contributed by atoms with E-state index in [0.717, 1.165) is 12.8 Å². The lowest BCUT2D eigenvalue weighted by molar-refractivity contribution is 0.440. The Labute approximate surface area is 149 Å². The van der Waals surface area contributed by atoms with Crippen LogP contribution in [0, 0.1) is 18.7 Å². The molecule has 3 heterocycles. The topological polar surface area (TPSA) is 83.9 Å². The number of piperidine rings is 1. The fourth-order valence-electron chi connectivity index (χ4n) is 4.03. The normalized spacial score (nSPS) is 22.9. The van der Waals surface area contributed by atoms with Crippen molar-refractivity contribution in [2.75, 3.05) is 6.54 Å². The standard InChI is InChI=1S/C17H18FN5O2S/c1-9-5-12(18)16-11(15(9)17-19-8-22(2)21-17)7-14(20-16)26(24,25)23-4-3-10-6-13(10)23/h5,7-8,10,13,20H,3-4,6H2,1-2H3. The van der Waals surface area contributed by atoms with Crippen LogP contribution >= 0.6 is 0 Å². The van der Waals surface area contributed by atoms with E-state index in [9.17, 15) is 12.8 Å². The third-order valence-electron chi connectivity index (χ3n) is 5.42. The summed E-state index contributed by atoms with van der Waals surface area (Å²) >= 11 is 0. The summed E-state index contributed by atoms with van der Waals surface area (Å²) in [5.74, 6) is 0.451. The SMILES string of the molecule is Cc1cc(F)c2[nH]c(S(=O)(=O)N3CCC4CC43)cc2c1-c1ncn(C)n1. The first-order chi connectivity index (χ1) is 12.4. The molecule has 9 heteroatoms. The van der Waals surface area contributed by atoms with Crippen LogP contribution in [0.25, 0.3) is 22.3 Å². The molecule has 136 valence electrons. The molecule has 2 unspecified atom stereocenters. The number of halogens is 1. The predicted molar refractivity (Wildman–Crippen MR) is 93.4 cm³/mol. The van der Waals surface area contributed by atoms with Crippen molar-refractivity contribution in [3.05, 3.63) is 29.8 Å². The summed E-state index contributed by atoms with van der Waals surface area (Å²) in [6, 6.07) is 3.01. The Kier molecular flexibility index (Phi) is 3.15. The summed E-state index contributed by atoms with van der Waals surface area (Å²) in [4.78, 5) is 7.05. The molecule has 7 nitrogen and oxygen atoms in total. The highest BCUT2D eigenvalue weighted by molar-refractivity contribution is 7.89. The molecule has 2 fully saturated rings. The van der Waals surface area contributed by atoms with Crippen molar-refractivity contribution in [2.24, 2.45) is 13.0 Å². The van der Waals surface area contributed by atoms with Gasteiger partial charge in [-0.15, -0.1) is 0 Å². The second kappa shape index (κ2) is 5.14. The molecule has 1 saturated heterocycles. The number of fused-ring (bicyclic) bond motifs is 2. The lowest BCUT2D eigenvalue weighted by Gasteiger charge is -2.16. The number of hydrogen-bond acceptors (Lipinski definition) is 4. The van der Waals surface area contributed by atoms with Crippen molar-refractivity contribution in [2.45, 2.75) is 30.8 Å². The Morgan fingerprint density at radius 3 is 2.77 bits per heavy atom. The van der Waals surface area contributed by atoms with E-state index in [-0.39, 0.29) is 16.6 Å². The largest absolute Gasteiger partial charge is 0.342 e. The molecule has 1 saturated carbocycles. The number of hydrogen-bond donors (Lipinski definition) is 1. The van der Waals surface area contributed by atoms with Crippen LogP contribution in [-0.4, -0.2) is 45.1 Å². The molecule has 1 aliphatic carbocycles. The van der Waals surface area contributed by atoms with Gasteiger partial charge >= 0.3 is 0 Å². The van der Waals surface area contributed by atoms with Crippen LogP contribution in [0.15, 0.2) is 23.5 Å². The first-order valence-corrected chi connectivity index (χ1v) is 10.00. The molecule has 3 aromatic rings. The molecular formula is C17H18FN5O2S. The molecule has 0 bridgehead atoms. The molecule has 0 spiro atoms. The van der Waals surface area contributed by atoms with Gasteiger partial charge in [0.05, 0.1) is 5.52 Å². The number of nitrogens with zero attached hydrogens (tertiary/aromatic N) is 4. The van der Waals surface area contributed by atoms with E-state index in [1.807, 2.05) is 0 Å². The molecular weight excluding hydrogens is 357 g/mol. The van der Waals surface area contributed by atoms with E-state index in [4.69, 9.17) is 0 Å². The van der Waals surface area contributed by atoms with Crippen LogP contribution in [0.3, 0.4) is 0 Å². The van der Waals surface area contributed by atoms with Crippen LogP contribution < -0.4 is 0 Å². The van der Waals surface area contributed by atoms with Gasteiger partial charge in [-0.2, -0.15) is 9.40 Å². The average molecular weight is 375 g/mol. The fourth-order valence-corrected chi connectivity index (χ4v) is 5.74. The highest BCUT2D eigenvalue weighted by atomic mass is 32.2. The lowest BCUT2D eigenvalue weighted by Crippen LogP contribution is -2.31. The summed E-state index contributed by atoms with van der Waals surface area (Å²) in [5.41, 5.74) is 1.47. The van der Waals surface area contributed by atoms with Gasteiger partial charge in [0.2, 0.25) is 0 Å². The summed E-state index contributed by atoms with van der Waals surface area (Å²) in [6.07, 6.45) is 3.39. The van der Waals surface area contributed by atoms with Crippen LogP contribution in [-0.2, 0) is 17.1 Å². The Bertz CT molecular complexity index is 1150. The monoisotopic (exact) mass is 375 g/mol. The van der Waals surface area contributed by atoms with Crippen LogP contribution in [0.4, 0.5) is 4.39 Å². The van der Waals surface area contributed by atoms with Gasteiger partial charge < -0.3 is 4.98 Å². The maximum atomic E-state index is 14.5. The van der Waals surface area contributed by atoms with E-state index in [2.05, 4.69) is 15.1 Å². The number of aromatic nitrogens is 4. The second-order valence-corrected chi connectivity index (χ2v) is 9.04. The van der Waals surface area contributed by atoms with Crippen molar-refractivity contribution < 1.29 is 12.8 Å². The number of aromatic amines is 1.